The number of aliphatic hydroxyl groups is 1. The molecular formula is C33H35N5O3. The van der Waals surface area contributed by atoms with Crippen LogP contribution >= 0.6 is 0 Å². The summed E-state index contributed by atoms with van der Waals surface area (Å²) in [4.78, 5) is 22.5. The minimum atomic E-state index is -0.868. The van der Waals surface area contributed by atoms with Crippen LogP contribution in [0.1, 0.15) is 57.4 Å². The zero-order chi connectivity index (χ0) is 29.2. The fourth-order valence-electron chi connectivity index (χ4n) is 5.97. The number of benzene rings is 2. The van der Waals surface area contributed by atoms with Gasteiger partial charge >= 0.3 is 6.09 Å². The van der Waals surface area contributed by atoms with Crippen molar-refractivity contribution in [1.82, 2.24) is 24.9 Å². The standard InChI is InChI=1S/C33H35N5O3/c1-20-8-7-9-23(14-20)26-16-24-17-34-27-15-21(2)37-38(27)29(24)35-28(26)22-10-12-25(13-11-22)33(18-32(6,40)19-33)36-30(39)41-31(3,4)5/h7-17,40H,18-19H2,1-6H3,(H,36,39). The number of hydrogen-bond acceptors (Lipinski definition) is 6. The molecule has 5 aromatic rings. The molecule has 0 radical (unpaired) electrons. The van der Waals surface area contributed by atoms with E-state index in [1.54, 1.807) is 11.4 Å². The van der Waals surface area contributed by atoms with E-state index in [-0.39, 0.29) is 0 Å². The SMILES string of the molecule is Cc1cccc(-c2cc3cnc4cc(C)nn4c3nc2-c2ccc(C3(NC(=O)OC(C)(C)C)CC(C)(O)C3)cc2)c1. The molecule has 210 valence electrons. The van der Waals surface area contributed by atoms with Gasteiger partial charge in [0, 0.05) is 41.6 Å². The Morgan fingerprint density at radius 1 is 1.02 bits per heavy atom. The maximum Gasteiger partial charge on any atom is 0.408 e. The average Bonchev–Trinajstić information content (AvgIpc) is 3.26. The van der Waals surface area contributed by atoms with Crippen molar-refractivity contribution in [3.63, 3.8) is 0 Å². The van der Waals surface area contributed by atoms with Crippen LogP contribution in [-0.4, -0.2) is 42.0 Å². The minimum Gasteiger partial charge on any atom is -0.444 e. The van der Waals surface area contributed by atoms with Crippen molar-refractivity contribution >= 4 is 22.8 Å². The molecule has 0 bridgehead atoms. The summed E-state index contributed by atoms with van der Waals surface area (Å²) in [6, 6.07) is 20.5. The average molecular weight is 550 g/mol. The molecule has 0 saturated heterocycles. The number of amides is 1. The number of ether oxygens (including phenoxy) is 1. The lowest BCUT2D eigenvalue weighted by molar-refractivity contribution is -0.0892. The number of fused-ring (bicyclic) bond motifs is 3. The molecule has 2 N–H and O–H groups in total. The third-order valence-corrected chi connectivity index (χ3v) is 7.53. The summed E-state index contributed by atoms with van der Waals surface area (Å²) in [6.45, 7) is 11.3. The van der Waals surface area contributed by atoms with E-state index in [4.69, 9.17) is 9.72 Å². The van der Waals surface area contributed by atoms with Crippen molar-refractivity contribution in [2.45, 2.75) is 71.1 Å². The molecule has 1 saturated carbocycles. The van der Waals surface area contributed by atoms with Crippen molar-refractivity contribution < 1.29 is 14.6 Å². The molecule has 0 atom stereocenters. The molecule has 3 aromatic heterocycles. The molecular weight excluding hydrogens is 514 g/mol. The first-order valence-electron chi connectivity index (χ1n) is 13.9. The molecule has 1 aliphatic rings. The zero-order valence-electron chi connectivity index (χ0n) is 24.3. The predicted octanol–water partition coefficient (Wildman–Crippen LogP) is 6.49. The third-order valence-electron chi connectivity index (χ3n) is 7.53. The number of pyridine rings is 1. The lowest BCUT2D eigenvalue weighted by Gasteiger charge is -2.52. The Hall–Kier alpha value is -4.30. The molecule has 3 heterocycles. The van der Waals surface area contributed by atoms with E-state index in [1.807, 2.05) is 64.2 Å². The van der Waals surface area contributed by atoms with Crippen LogP contribution in [0.3, 0.4) is 0 Å². The Balaban J connectivity index is 1.45. The number of aromatic nitrogens is 4. The van der Waals surface area contributed by atoms with Gasteiger partial charge in [0.1, 0.15) is 5.60 Å². The molecule has 1 amide bonds. The molecule has 1 fully saturated rings. The summed E-state index contributed by atoms with van der Waals surface area (Å²) in [5.74, 6) is 0. The number of nitrogens with one attached hydrogen (secondary N) is 1. The van der Waals surface area contributed by atoms with E-state index < -0.39 is 22.8 Å². The van der Waals surface area contributed by atoms with Crippen LogP contribution in [0.4, 0.5) is 4.79 Å². The monoisotopic (exact) mass is 549 g/mol. The van der Waals surface area contributed by atoms with Gasteiger partial charge in [-0.2, -0.15) is 9.61 Å². The fourth-order valence-corrected chi connectivity index (χ4v) is 5.97. The Morgan fingerprint density at radius 2 is 1.76 bits per heavy atom. The Morgan fingerprint density at radius 3 is 2.41 bits per heavy atom. The Labute approximate surface area is 239 Å². The third kappa shape index (κ3) is 5.15. The van der Waals surface area contributed by atoms with E-state index in [0.717, 1.165) is 55.9 Å². The molecule has 0 unspecified atom stereocenters. The number of nitrogens with zero attached hydrogens (tertiary/aromatic N) is 4. The number of rotatable bonds is 4. The number of aryl methyl sites for hydroxylation is 2. The predicted molar refractivity (Wildman–Crippen MR) is 160 cm³/mol. The van der Waals surface area contributed by atoms with Gasteiger partial charge in [-0.15, -0.1) is 0 Å². The van der Waals surface area contributed by atoms with Crippen molar-refractivity contribution in [2.75, 3.05) is 0 Å². The summed E-state index contributed by atoms with van der Waals surface area (Å²) < 4.78 is 7.34. The summed E-state index contributed by atoms with van der Waals surface area (Å²) in [5, 5.41) is 19.2. The molecule has 8 nitrogen and oxygen atoms in total. The fraction of sp³-hybridized carbons (Fsp3) is 0.333. The van der Waals surface area contributed by atoms with Crippen molar-refractivity contribution in [3.05, 3.63) is 83.7 Å². The van der Waals surface area contributed by atoms with Crippen LogP contribution in [-0.2, 0) is 10.3 Å². The highest BCUT2D eigenvalue weighted by Crippen LogP contribution is 2.48. The molecule has 0 aliphatic heterocycles. The summed E-state index contributed by atoms with van der Waals surface area (Å²) in [7, 11) is 0. The van der Waals surface area contributed by atoms with Crippen LogP contribution in [0.2, 0.25) is 0 Å². The smallest absolute Gasteiger partial charge is 0.408 e. The summed E-state index contributed by atoms with van der Waals surface area (Å²) in [5.41, 5.74) is 6.03. The normalized spacial score (nSPS) is 20.7. The van der Waals surface area contributed by atoms with Crippen LogP contribution in [0.5, 0.6) is 0 Å². The van der Waals surface area contributed by atoms with E-state index in [1.165, 1.54) is 0 Å². The molecule has 0 spiro atoms. The Bertz CT molecular complexity index is 1790. The minimum absolute atomic E-state index is 0.394. The number of carbonyl (C=O) groups is 1. The first-order valence-corrected chi connectivity index (χ1v) is 13.9. The van der Waals surface area contributed by atoms with Gasteiger partial charge in [-0.25, -0.2) is 14.8 Å². The zero-order valence-corrected chi connectivity index (χ0v) is 24.3. The van der Waals surface area contributed by atoms with Gasteiger partial charge < -0.3 is 15.2 Å². The number of hydrogen-bond donors (Lipinski definition) is 2. The van der Waals surface area contributed by atoms with Gasteiger partial charge in [-0.05, 0) is 58.7 Å². The maximum atomic E-state index is 12.8. The summed E-state index contributed by atoms with van der Waals surface area (Å²) in [6.07, 6.45) is 2.14. The quantitative estimate of drug-likeness (QED) is 0.266. The Kier molecular flexibility index (Phi) is 6.15. The van der Waals surface area contributed by atoms with Gasteiger partial charge in [0.05, 0.1) is 22.5 Å². The topological polar surface area (TPSA) is 102 Å². The highest BCUT2D eigenvalue weighted by molar-refractivity contribution is 5.90. The number of carbonyl (C=O) groups excluding carboxylic acids is 1. The van der Waals surface area contributed by atoms with Gasteiger partial charge in [-0.1, -0.05) is 54.1 Å². The van der Waals surface area contributed by atoms with E-state index in [2.05, 4.69) is 52.7 Å². The molecule has 8 heteroatoms. The van der Waals surface area contributed by atoms with Crippen LogP contribution in [0, 0.1) is 13.8 Å². The lowest BCUT2D eigenvalue weighted by atomic mass is 9.62. The van der Waals surface area contributed by atoms with Crippen molar-refractivity contribution in [3.8, 4) is 22.4 Å². The highest BCUT2D eigenvalue weighted by atomic mass is 16.6. The second-order valence-electron chi connectivity index (χ2n) is 12.6. The van der Waals surface area contributed by atoms with Gasteiger partial charge in [0.25, 0.3) is 0 Å². The van der Waals surface area contributed by atoms with Gasteiger partial charge in [0.15, 0.2) is 11.3 Å². The highest BCUT2D eigenvalue weighted by Gasteiger charge is 2.53. The van der Waals surface area contributed by atoms with E-state index >= 15 is 0 Å². The van der Waals surface area contributed by atoms with E-state index in [9.17, 15) is 9.90 Å². The first-order chi connectivity index (χ1) is 19.3. The second-order valence-corrected chi connectivity index (χ2v) is 12.6. The van der Waals surface area contributed by atoms with Crippen LogP contribution in [0.15, 0.2) is 66.9 Å². The van der Waals surface area contributed by atoms with Gasteiger partial charge in [-0.3, -0.25) is 0 Å². The first kappa shape index (κ1) is 26.9. The maximum absolute atomic E-state index is 12.8. The van der Waals surface area contributed by atoms with Crippen LogP contribution in [0.25, 0.3) is 39.1 Å². The van der Waals surface area contributed by atoms with E-state index in [0.29, 0.717) is 12.8 Å². The van der Waals surface area contributed by atoms with Crippen molar-refractivity contribution in [2.24, 2.45) is 0 Å². The summed E-state index contributed by atoms with van der Waals surface area (Å²) >= 11 is 0. The van der Waals surface area contributed by atoms with Crippen LogP contribution < -0.4 is 5.32 Å². The largest absolute Gasteiger partial charge is 0.444 e. The molecule has 41 heavy (non-hydrogen) atoms. The molecule has 6 rings (SSSR count). The molecule has 2 aromatic carbocycles. The van der Waals surface area contributed by atoms with Crippen molar-refractivity contribution in [1.29, 1.82) is 0 Å². The molecule has 1 aliphatic carbocycles. The number of alkyl carbamates (subject to hydrolysis) is 1. The lowest BCUT2D eigenvalue weighted by Crippen LogP contribution is -2.62. The second kappa shape index (κ2) is 9.38. The van der Waals surface area contributed by atoms with Gasteiger partial charge in [0.2, 0.25) is 0 Å².